The molecular formula is C37H36FN5O5S. The number of amides is 2. The molecule has 3 aromatic heterocycles. The fourth-order valence-electron chi connectivity index (χ4n) is 4.77. The Kier molecular flexibility index (Phi) is 10.8. The number of carbonyl (C=O) groups excluding carboxylic acids is 2. The van der Waals surface area contributed by atoms with Gasteiger partial charge < -0.3 is 20.5 Å². The SMILES string of the molecule is CC(NC(=O)C(Cc1ccc(-c2ncc(-c3cc(OCc4ccccc4)ncc3F)cn2)cc1)NC(=O)c1ccc(C(C)(C)C)s1)C(=O)O. The summed E-state index contributed by atoms with van der Waals surface area (Å²) in [4.78, 5) is 52.1. The summed E-state index contributed by atoms with van der Waals surface area (Å²) in [6.07, 6.45) is 4.25. The lowest BCUT2D eigenvalue weighted by Gasteiger charge is -2.20. The summed E-state index contributed by atoms with van der Waals surface area (Å²) >= 11 is 1.35. The third-order valence-corrected chi connectivity index (χ3v) is 9.10. The van der Waals surface area contributed by atoms with Crippen molar-refractivity contribution in [1.82, 2.24) is 25.6 Å². The van der Waals surface area contributed by atoms with Crippen molar-refractivity contribution in [3.8, 4) is 28.4 Å². The quantitative estimate of drug-likeness (QED) is 0.141. The van der Waals surface area contributed by atoms with Crippen LogP contribution in [0.5, 0.6) is 5.88 Å². The summed E-state index contributed by atoms with van der Waals surface area (Å²) in [6.45, 7) is 7.79. The van der Waals surface area contributed by atoms with Crippen LogP contribution < -0.4 is 15.4 Å². The number of aliphatic carboxylic acids is 1. The van der Waals surface area contributed by atoms with E-state index in [0.29, 0.717) is 27.4 Å². The lowest BCUT2D eigenvalue weighted by atomic mass is 9.95. The van der Waals surface area contributed by atoms with Gasteiger partial charge in [-0.25, -0.2) is 19.3 Å². The molecule has 3 N–H and O–H groups in total. The molecule has 2 atom stereocenters. The molecule has 0 bridgehead atoms. The smallest absolute Gasteiger partial charge is 0.325 e. The van der Waals surface area contributed by atoms with Gasteiger partial charge in [-0.1, -0.05) is 75.4 Å². The summed E-state index contributed by atoms with van der Waals surface area (Å²) in [5, 5.41) is 14.5. The van der Waals surface area contributed by atoms with E-state index < -0.39 is 35.7 Å². The normalized spacial score (nSPS) is 12.5. The van der Waals surface area contributed by atoms with Gasteiger partial charge in [0.15, 0.2) is 5.82 Å². The van der Waals surface area contributed by atoms with Gasteiger partial charge in [0.2, 0.25) is 11.8 Å². The van der Waals surface area contributed by atoms with Gasteiger partial charge in [-0.3, -0.25) is 14.4 Å². The number of halogens is 1. The maximum absolute atomic E-state index is 14.7. The number of nitrogens with zero attached hydrogens (tertiary/aromatic N) is 3. The van der Waals surface area contributed by atoms with Crippen LogP contribution in [0, 0.1) is 5.82 Å². The number of thiophene rings is 1. The number of carbonyl (C=O) groups is 3. The zero-order valence-corrected chi connectivity index (χ0v) is 28.3. The maximum Gasteiger partial charge on any atom is 0.325 e. The monoisotopic (exact) mass is 681 g/mol. The van der Waals surface area contributed by atoms with Crippen LogP contribution >= 0.6 is 11.3 Å². The van der Waals surface area contributed by atoms with E-state index in [4.69, 9.17) is 4.74 Å². The van der Waals surface area contributed by atoms with Crippen LogP contribution in [-0.2, 0) is 28.0 Å². The largest absolute Gasteiger partial charge is 0.480 e. The van der Waals surface area contributed by atoms with Crippen molar-refractivity contribution in [2.45, 2.75) is 58.2 Å². The van der Waals surface area contributed by atoms with Crippen LogP contribution in [0.25, 0.3) is 22.5 Å². The van der Waals surface area contributed by atoms with Crippen LogP contribution in [0.1, 0.15) is 53.4 Å². The zero-order valence-electron chi connectivity index (χ0n) is 27.4. The highest BCUT2D eigenvalue weighted by molar-refractivity contribution is 7.14. The average molecular weight is 682 g/mol. The van der Waals surface area contributed by atoms with Crippen LogP contribution in [0.3, 0.4) is 0 Å². The number of hydrogen-bond donors (Lipinski definition) is 3. The molecule has 0 spiro atoms. The molecule has 0 aliphatic heterocycles. The Labute approximate surface area is 287 Å². The van der Waals surface area contributed by atoms with Crippen LogP contribution in [0.15, 0.2) is 91.4 Å². The van der Waals surface area contributed by atoms with E-state index in [1.807, 2.05) is 57.2 Å². The van der Waals surface area contributed by atoms with E-state index in [1.54, 1.807) is 30.3 Å². The minimum absolute atomic E-state index is 0.109. The standard InChI is InChI=1S/C37H36FN5O5S/c1-22(36(46)47)42-34(44)29(43-35(45)30-14-15-31(49-30)37(2,3)4)16-23-10-12-25(13-11-23)33-40-18-26(19-41-33)27-17-32(39-20-28(27)38)48-21-24-8-6-5-7-9-24/h5-15,17-20,22,29H,16,21H2,1-4H3,(H,42,44)(H,43,45)(H,46,47). The molecule has 2 aromatic carbocycles. The van der Waals surface area contributed by atoms with Crippen molar-refractivity contribution < 1.29 is 28.6 Å². The summed E-state index contributed by atoms with van der Waals surface area (Å²) in [5.41, 5.74) is 2.91. The average Bonchev–Trinajstić information content (AvgIpc) is 3.60. The Balaban J connectivity index is 1.28. The van der Waals surface area contributed by atoms with Crippen molar-refractivity contribution >= 4 is 29.1 Å². The topological polar surface area (TPSA) is 143 Å². The molecule has 2 amide bonds. The predicted octanol–water partition coefficient (Wildman–Crippen LogP) is 6.21. The van der Waals surface area contributed by atoms with Crippen molar-refractivity contribution in [2.24, 2.45) is 0 Å². The molecule has 252 valence electrons. The Morgan fingerprint density at radius 2 is 1.57 bits per heavy atom. The molecule has 10 nitrogen and oxygen atoms in total. The maximum atomic E-state index is 14.7. The second-order valence-corrected chi connectivity index (χ2v) is 13.6. The van der Waals surface area contributed by atoms with Gasteiger partial charge in [-0.15, -0.1) is 11.3 Å². The third kappa shape index (κ3) is 9.11. The fourth-order valence-corrected chi connectivity index (χ4v) is 5.74. The molecule has 5 rings (SSSR count). The lowest BCUT2D eigenvalue weighted by molar-refractivity contribution is -0.141. The summed E-state index contributed by atoms with van der Waals surface area (Å²) in [6, 6.07) is 19.6. The van der Waals surface area contributed by atoms with E-state index >= 15 is 0 Å². The van der Waals surface area contributed by atoms with Gasteiger partial charge in [0.1, 0.15) is 24.5 Å². The van der Waals surface area contributed by atoms with Gasteiger partial charge in [0, 0.05) is 46.4 Å². The molecule has 0 fully saturated rings. The second kappa shape index (κ2) is 15.2. The Morgan fingerprint density at radius 3 is 2.20 bits per heavy atom. The van der Waals surface area contributed by atoms with E-state index in [0.717, 1.165) is 16.6 Å². The first-order chi connectivity index (χ1) is 23.4. The summed E-state index contributed by atoms with van der Waals surface area (Å²) in [5.74, 6) is -2.10. The number of pyridine rings is 1. The number of carboxylic acids is 1. The number of ether oxygens (including phenoxy) is 1. The molecule has 0 saturated heterocycles. The Hall–Kier alpha value is -5.49. The molecule has 0 radical (unpaired) electrons. The third-order valence-electron chi connectivity index (χ3n) is 7.59. The second-order valence-electron chi connectivity index (χ2n) is 12.5. The number of rotatable bonds is 12. The molecule has 12 heteroatoms. The summed E-state index contributed by atoms with van der Waals surface area (Å²) in [7, 11) is 0. The van der Waals surface area contributed by atoms with Crippen molar-refractivity contribution in [2.75, 3.05) is 0 Å². The molecule has 0 saturated carbocycles. The molecule has 5 aromatic rings. The first-order valence-electron chi connectivity index (χ1n) is 15.6. The molecule has 49 heavy (non-hydrogen) atoms. The number of hydrogen-bond acceptors (Lipinski definition) is 8. The number of carboxylic acid groups (broad SMARTS) is 1. The first-order valence-corrected chi connectivity index (χ1v) is 16.4. The van der Waals surface area contributed by atoms with Gasteiger partial charge in [-0.2, -0.15) is 0 Å². The number of benzene rings is 2. The number of nitrogens with one attached hydrogen (secondary N) is 2. The van der Waals surface area contributed by atoms with E-state index in [1.165, 1.54) is 36.7 Å². The summed E-state index contributed by atoms with van der Waals surface area (Å²) < 4.78 is 20.5. The minimum Gasteiger partial charge on any atom is -0.480 e. The van der Waals surface area contributed by atoms with Crippen LogP contribution in [-0.4, -0.2) is 49.9 Å². The van der Waals surface area contributed by atoms with E-state index in [-0.39, 0.29) is 29.9 Å². The van der Waals surface area contributed by atoms with E-state index in [2.05, 4.69) is 25.6 Å². The Morgan fingerprint density at radius 1 is 0.878 bits per heavy atom. The highest BCUT2D eigenvalue weighted by atomic mass is 32.1. The molecule has 0 aliphatic rings. The van der Waals surface area contributed by atoms with Gasteiger partial charge in [0.05, 0.1) is 11.1 Å². The van der Waals surface area contributed by atoms with Crippen molar-refractivity contribution in [3.63, 3.8) is 0 Å². The predicted molar refractivity (Wildman–Crippen MR) is 185 cm³/mol. The first kappa shape index (κ1) is 34.8. The highest BCUT2D eigenvalue weighted by Crippen LogP contribution is 2.30. The van der Waals surface area contributed by atoms with Crippen molar-refractivity contribution in [3.05, 3.63) is 118 Å². The van der Waals surface area contributed by atoms with Gasteiger partial charge >= 0.3 is 5.97 Å². The van der Waals surface area contributed by atoms with Gasteiger partial charge in [0.25, 0.3) is 5.91 Å². The van der Waals surface area contributed by atoms with Gasteiger partial charge in [-0.05, 0) is 35.6 Å². The van der Waals surface area contributed by atoms with Crippen LogP contribution in [0.4, 0.5) is 4.39 Å². The highest BCUT2D eigenvalue weighted by Gasteiger charge is 2.26. The van der Waals surface area contributed by atoms with E-state index in [9.17, 15) is 23.9 Å². The Bertz CT molecular complexity index is 1930. The molecule has 3 heterocycles. The minimum atomic E-state index is -1.19. The molecular weight excluding hydrogens is 646 g/mol. The zero-order chi connectivity index (χ0) is 35.1. The molecule has 2 unspecified atom stereocenters. The van der Waals surface area contributed by atoms with Crippen molar-refractivity contribution in [1.29, 1.82) is 0 Å². The number of aromatic nitrogens is 3. The fraction of sp³-hybridized carbons (Fsp3) is 0.243. The lowest BCUT2D eigenvalue weighted by Crippen LogP contribution is -2.51. The molecule has 0 aliphatic carbocycles. The van der Waals surface area contributed by atoms with Crippen LogP contribution in [0.2, 0.25) is 0 Å².